The number of pyridine rings is 1. The molecule has 1 aliphatic rings. The standard InChI is InChI=1S/C17H18N4O/c1-20-16(18-19-17(20)12-5-4-6-12)11-21-10-9-15(22)13-7-2-3-8-14(13)21/h2-3,7-10,12H,4-6,11H2,1H3. The Labute approximate surface area is 128 Å². The Balaban J connectivity index is 1.74. The van der Waals surface area contributed by atoms with Crippen molar-refractivity contribution < 1.29 is 0 Å². The van der Waals surface area contributed by atoms with E-state index in [1.54, 1.807) is 6.07 Å². The average Bonchev–Trinajstić information content (AvgIpc) is 2.82. The van der Waals surface area contributed by atoms with Gasteiger partial charge in [-0.15, -0.1) is 10.2 Å². The summed E-state index contributed by atoms with van der Waals surface area (Å²) in [5.41, 5.74) is 0.989. The molecular formula is C17H18N4O. The first-order valence-corrected chi connectivity index (χ1v) is 7.70. The summed E-state index contributed by atoms with van der Waals surface area (Å²) in [6.45, 7) is 0.622. The van der Waals surface area contributed by atoms with Gasteiger partial charge in [0.25, 0.3) is 0 Å². The van der Waals surface area contributed by atoms with E-state index in [0.717, 1.165) is 22.6 Å². The van der Waals surface area contributed by atoms with Crippen LogP contribution in [0, 0.1) is 0 Å². The molecule has 0 N–H and O–H groups in total. The van der Waals surface area contributed by atoms with Crippen LogP contribution in [0.4, 0.5) is 0 Å². The largest absolute Gasteiger partial charge is 0.340 e. The maximum absolute atomic E-state index is 11.9. The van der Waals surface area contributed by atoms with Crippen molar-refractivity contribution in [1.82, 2.24) is 19.3 Å². The summed E-state index contributed by atoms with van der Waals surface area (Å²) in [4.78, 5) is 11.9. The third-order valence-corrected chi connectivity index (χ3v) is 4.67. The summed E-state index contributed by atoms with van der Waals surface area (Å²) in [5, 5.41) is 9.47. The normalized spacial score (nSPS) is 15.1. The molecule has 4 rings (SSSR count). The molecule has 22 heavy (non-hydrogen) atoms. The minimum absolute atomic E-state index is 0.0555. The molecule has 0 atom stereocenters. The van der Waals surface area contributed by atoms with Crippen molar-refractivity contribution in [3.63, 3.8) is 0 Å². The lowest BCUT2D eigenvalue weighted by Gasteiger charge is -2.24. The van der Waals surface area contributed by atoms with Crippen molar-refractivity contribution in [1.29, 1.82) is 0 Å². The molecular weight excluding hydrogens is 276 g/mol. The van der Waals surface area contributed by atoms with Crippen molar-refractivity contribution in [2.75, 3.05) is 0 Å². The summed E-state index contributed by atoms with van der Waals surface area (Å²) in [6, 6.07) is 9.30. The van der Waals surface area contributed by atoms with Gasteiger partial charge in [0.05, 0.1) is 12.1 Å². The number of hydrogen-bond donors (Lipinski definition) is 0. The second-order valence-electron chi connectivity index (χ2n) is 5.99. The maximum atomic E-state index is 11.9. The second-order valence-corrected chi connectivity index (χ2v) is 5.99. The van der Waals surface area contributed by atoms with Crippen LogP contribution >= 0.6 is 0 Å². The number of rotatable bonds is 3. The van der Waals surface area contributed by atoms with Gasteiger partial charge in [0.1, 0.15) is 5.82 Å². The Morgan fingerprint density at radius 2 is 2.00 bits per heavy atom. The van der Waals surface area contributed by atoms with Crippen LogP contribution in [0.15, 0.2) is 41.3 Å². The molecule has 2 aromatic heterocycles. The van der Waals surface area contributed by atoms with Crippen molar-refractivity contribution in [3.8, 4) is 0 Å². The zero-order chi connectivity index (χ0) is 15.1. The van der Waals surface area contributed by atoms with Gasteiger partial charge in [-0.3, -0.25) is 4.79 Å². The predicted molar refractivity (Wildman–Crippen MR) is 84.9 cm³/mol. The van der Waals surface area contributed by atoms with Gasteiger partial charge >= 0.3 is 0 Å². The van der Waals surface area contributed by atoms with Crippen LogP contribution in [0.3, 0.4) is 0 Å². The van der Waals surface area contributed by atoms with Gasteiger partial charge < -0.3 is 9.13 Å². The number of aromatic nitrogens is 4. The third-order valence-electron chi connectivity index (χ3n) is 4.67. The van der Waals surface area contributed by atoms with E-state index in [9.17, 15) is 4.79 Å². The quantitative estimate of drug-likeness (QED) is 0.745. The van der Waals surface area contributed by atoms with Crippen LogP contribution in [-0.4, -0.2) is 19.3 Å². The van der Waals surface area contributed by atoms with E-state index >= 15 is 0 Å². The summed E-state index contributed by atoms with van der Waals surface area (Å²) >= 11 is 0. The van der Waals surface area contributed by atoms with Crippen LogP contribution in [-0.2, 0) is 13.6 Å². The molecule has 1 aliphatic carbocycles. The first-order valence-electron chi connectivity index (χ1n) is 7.70. The summed E-state index contributed by atoms with van der Waals surface area (Å²) in [5.74, 6) is 2.58. The highest BCUT2D eigenvalue weighted by Gasteiger charge is 2.25. The maximum Gasteiger partial charge on any atom is 0.189 e. The van der Waals surface area contributed by atoms with Crippen LogP contribution < -0.4 is 5.43 Å². The zero-order valence-corrected chi connectivity index (χ0v) is 12.6. The Hall–Kier alpha value is -2.43. The van der Waals surface area contributed by atoms with Crippen LogP contribution in [0.2, 0.25) is 0 Å². The Bertz CT molecular complexity index is 889. The summed E-state index contributed by atoms with van der Waals surface area (Å²) in [6.07, 6.45) is 5.55. The first-order chi connectivity index (χ1) is 10.7. The van der Waals surface area contributed by atoms with Crippen LogP contribution in [0.1, 0.15) is 36.8 Å². The molecule has 5 heteroatoms. The fourth-order valence-corrected chi connectivity index (χ4v) is 3.09. The zero-order valence-electron chi connectivity index (χ0n) is 12.6. The van der Waals surface area contributed by atoms with E-state index in [-0.39, 0.29) is 5.43 Å². The lowest BCUT2D eigenvalue weighted by atomic mass is 9.85. The van der Waals surface area contributed by atoms with Crippen molar-refractivity contribution >= 4 is 10.9 Å². The van der Waals surface area contributed by atoms with E-state index in [2.05, 4.69) is 19.3 Å². The molecule has 0 aliphatic heterocycles. The van der Waals surface area contributed by atoms with Gasteiger partial charge in [-0.2, -0.15) is 0 Å². The fraction of sp³-hybridized carbons (Fsp3) is 0.353. The average molecular weight is 294 g/mol. The van der Waals surface area contributed by atoms with E-state index in [4.69, 9.17) is 0 Å². The van der Waals surface area contributed by atoms with Gasteiger partial charge in [0, 0.05) is 30.6 Å². The minimum Gasteiger partial charge on any atom is -0.340 e. The highest BCUT2D eigenvalue weighted by atomic mass is 16.1. The number of benzene rings is 1. The SMILES string of the molecule is Cn1c(Cn2ccc(=O)c3ccccc32)nnc1C1CCC1. The van der Waals surface area contributed by atoms with E-state index in [1.807, 2.05) is 37.5 Å². The smallest absolute Gasteiger partial charge is 0.189 e. The van der Waals surface area contributed by atoms with Gasteiger partial charge in [0.2, 0.25) is 0 Å². The van der Waals surface area contributed by atoms with Crippen LogP contribution in [0.5, 0.6) is 0 Å². The minimum atomic E-state index is 0.0555. The first kappa shape index (κ1) is 13.2. The number of para-hydroxylation sites is 1. The molecule has 2 heterocycles. The van der Waals surface area contributed by atoms with Gasteiger partial charge in [0.15, 0.2) is 11.3 Å². The van der Waals surface area contributed by atoms with E-state index in [0.29, 0.717) is 12.5 Å². The van der Waals surface area contributed by atoms with Crippen molar-refractivity contribution in [3.05, 3.63) is 58.4 Å². The lowest BCUT2D eigenvalue weighted by molar-refractivity contribution is 0.391. The van der Waals surface area contributed by atoms with Crippen molar-refractivity contribution in [2.24, 2.45) is 7.05 Å². The second kappa shape index (κ2) is 5.09. The highest BCUT2D eigenvalue weighted by molar-refractivity contribution is 5.78. The molecule has 0 unspecified atom stereocenters. The Morgan fingerprint density at radius 3 is 2.77 bits per heavy atom. The molecule has 0 saturated heterocycles. The molecule has 5 nitrogen and oxygen atoms in total. The monoisotopic (exact) mass is 294 g/mol. The van der Waals surface area contributed by atoms with Gasteiger partial charge in [-0.1, -0.05) is 18.6 Å². The fourth-order valence-electron chi connectivity index (χ4n) is 3.09. The highest BCUT2D eigenvalue weighted by Crippen LogP contribution is 2.35. The molecule has 1 fully saturated rings. The number of nitrogens with zero attached hydrogens (tertiary/aromatic N) is 4. The molecule has 3 aromatic rings. The van der Waals surface area contributed by atoms with Gasteiger partial charge in [-0.05, 0) is 25.0 Å². The predicted octanol–water partition coefficient (Wildman–Crippen LogP) is 2.45. The van der Waals surface area contributed by atoms with E-state index in [1.165, 1.54) is 19.3 Å². The Kier molecular flexibility index (Phi) is 3.06. The molecule has 0 amide bonds. The molecule has 0 bridgehead atoms. The topological polar surface area (TPSA) is 52.7 Å². The van der Waals surface area contributed by atoms with Crippen LogP contribution in [0.25, 0.3) is 10.9 Å². The molecule has 1 saturated carbocycles. The molecule has 1 aromatic carbocycles. The molecule has 0 radical (unpaired) electrons. The Morgan fingerprint density at radius 1 is 1.18 bits per heavy atom. The van der Waals surface area contributed by atoms with Gasteiger partial charge in [-0.25, -0.2) is 0 Å². The molecule has 0 spiro atoms. The third kappa shape index (κ3) is 2.04. The van der Waals surface area contributed by atoms with E-state index < -0.39 is 0 Å². The summed E-state index contributed by atoms with van der Waals surface area (Å²) in [7, 11) is 2.04. The summed E-state index contributed by atoms with van der Waals surface area (Å²) < 4.78 is 4.17. The number of hydrogen-bond acceptors (Lipinski definition) is 3. The number of fused-ring (bicyclic) bond motifs is 1. The van der Waals surface area contributed by atoms with Crippen molar-refractivity contribution in [2.45, 2.75) is 31.7 Å². The molecule has 112 valence electrons. The lowest BCUT2D eigenvalue weighted by Crippen LogP contribution is -2.16.